The van der Waals surface area contributed by atoms with Crippen molar-refractivity contribution < 1.29 is 9.32 Å². The van der Waals surface area contributed by atoms with Crippen molar-refractivity contribution in [3.63, 3.8) is 0 Å². The smallest absolute Gasteiger partial charge is 0.228 e. The number of carbonyl (C=O) groups excluding carboxylic acids is 1. The topological polar surface area (TPSA) is 55.1 Å². The first kappa shape index (κ1) is 16.1. The van der Waals surface area contributed by atoms with E-state index in [0.717, 1.165) is 22.2 Å². The van der Waals surface area contributed by atoms with Gasteiger partial charge in [-0.2, -0.15) is 0 Å². The summed E-state index contributed by atoms with van der Waals surface area (Å²) in [6, 6.07) is 8.13. The zero-order valence-electron chi connectivity index (χ0n) is 13.6. The predicted molar refractivity (Wildman–Crippen MR) is 92.9 cm³/mol. The summed E-state index contributed by atoms with van der Waals surface area (Å²) in [4.78, 5) is 13.4. The van der Waals surface area contributed by atoms with Crippen molar-refractivity contribution in [2.45, 2.75) is 56.1 Å². The quantitative estimate of drug-likeness (QED) is 0.876. The van der Waals surface area contributed by atoms with Gasteiger partial charge in [0, 0.05) is 21.4 Å². The third-order valence-corrected chi connectivity index (χ3v) is 5.61. The van der Waals surface area contributed by atoms with Gasteiger partial charge in [-0.25, -0.2) is 0 Å². The number of nitrogens with zero attached hydrogens (tertiary/aromatic N) is 1. The highest BCUT2D eigenvalue weighted by molar-refractivity contribution is 8.00. The number of rotatable bonds is 5. The van der Waals surface area contributed by atoms with Crippen molar-refractivity contribution >= 4 is 23.4 Å². The van der Waals surface area contributed by atoms with Crippen molar-refractivity contribution in [3.05, 3.63) is 41.3 Å². The number of aromatic nitrogens is 1. The van der Waals surface area contributed by atoms with Gasteiger partial charge in [-0.1, -0.05) is 18.0 Å². The van der Waals surface area contributed by atoms with Gasteiger partial charge in [-0.15, -0.1) is 11.8 Å². The van der Waals surface area contributed by atoms with Gasteiger partial charge in [-0.3, -0.25) is 4.79 Å². The molecule has 1 saturated carbocycles. The van der Waals surface area contributed by atoms with Gasteiger partial charge in [0.1, 0.15) is 5.76 Å². The van der Waals surface area contributed by atoms with Gasteiger partial charge in [-0.05, 0) is 51.0 Å². The Kier molecular flexibility index (Phi) is 5.06. The molecule has 0 saturated heterocycles. The van der Waals surface area contributed by atoms with E-state index >= 15 is 0 Å². The summed E-state index contributed by atoms with van der Waals surface area (Å²) in [7, 11) is 0. The van der Waals surface area contributed by atoms with Crippen molar-refractivity contribution in [2.24, 2.45) is 0 Å². The largest absolute Gasteiger partial charge is 0.361 e. The summed E-state index contributed by atoms with van der Waals surface area (Å²) in [5.41, 5.74) is 2.48. The van der Waals surface area contributed by atoms with Crippen molar-refractivity contribution in [1.82, 2.24) is 5.16 Å². The molecule has 0 aliphatic heterocycles. The highest BCUT2D eigenvalue weighted by atomic mass is 32.2. The Labute approximate surface area is 141 Å². The molecular formula is C18H22N2O2S. The maximum atomic E-state index is 12.2. The standard InChI is InChI=1S/C18H22N2O2S/c1-12-17(13(2)22-20-12)11-18(21)19-14-7-9-16(10-8-14)23-15-5-3-4-6-15/h7-10,15H,3-6,11H2,1-2H3,(H,19,21). The van der Waals surface area contributed by atoms with Crippen LogP contribution in [0.2, 0.25) is 0 Å². The van der Waals surface area contributed by atoms with E-state index < -0.39 is 0 Å². The number of anilines is 1. The SMILES string of the molecule is Cc1noc(C)c1CC(=O)Nc1ccc(SC2CCCC2)cc1. The lowest BCUT2D eigenvalue weighted by Crippen LogP contribution is -2.15. The molecule has 3 rings (SSSR count). The summed E-state index contributed by atoms with van der Waals surface area (Å²) in [6.07, 6.45) is 5.64. The van der Waals surface area contributed by atoms with Gasteiger partial charge < -0.3 is 9.84 Å². The molecule has 1 heterocycles. The Morgan fingerprint density at radius 2 is 1.96 bits per heavy atom. The first-order valence-corrected chi connectivity index (χ1v) is 8.98. The minimum absolute atomic E-state index is 0.0457. The van der Waals surface area contributed by atoms with E-state index in [1.165, 1.54) is 30.6 Å². The van der Waals surface area contributed by atoms with Gasteiger partial charge in [0.2, 0.25) is 5.91 Å². The van der Waals surface area contributed by atoms with Crippen LogP contribution in [-0.2, 0) is 11.2 Å². The Morgan fingerprint density at radius 1 is 1.26 bits per heavy atom. The van der Waals surface area contributed by atoms with E-state index in [0.29, 0.717) is 12.2 Å². The normalized spacial score (nSPS) is 15.0. The fourth-order valence-electron chi connectivity index (χ4n) is 2.94. The summed E-state index contributed by atoms with van der Waals surface area (Å²) in [6.45, 7) is 3.69. The number of hydrogen-bond acceptors (Lipinski definition) is 4. The first-order chi connectivity index (χ1) is 11.1. The molecule has 0 radical (unpaired) electrons. The Hall–Kier alpha value is -1.75. The van der Waals surface area contributed by atoms with E-state index in [2.05, 4.69) is 22.6 Å². The van der Waals surface area contributed by atoms with Crippen LogP contribution in [0, 0.1) is 13.8 Å². The number of nitrogens with one attached hydrogen (secondary N) is 1. The second-order valence-electron chi connectivity index (χ2n) is 6.08. The fourth-order valence-corrected chi connectivity index (χ4v) is 4.18. The van der Waals surface area contributed by atoms with Crippen molar-refractivity contribution in [2.75, 3.05) is 5.32 Å². The number of hydrogen-bond donors (Lipinski definition) is 1. The highest BCUT2D eigenvalue weighted by Gasteiger charge is 2.16. The van der Waals surface area contributed by atoms with Gasteiger partial charge in [0.25, 0.3) is 0 Å². The molecule has 0 spiro atoms. The van der Waals surface area contributed by atoms with E-state index in [9.17, 15) is 4.79 Å². The average molecular weight is 330 g/mol. The van der Waals surface area contributed by atoms with Crippen LogP contribution in [0.1, 0.15) is 42.7 Å². The summed E-state index contributed by atoms with van der Waals surface area (Å²) in [5, 5.41) is 7.58. The van der Waals surface area contributed by atoms with Crippen LogP contribution in [0.3, 0.4) is 0 Å². The summed E-state index contributed by atoms with van der Waals surface area (Å²) in [5.74, 6) is 0.663. The van der Waals surface area contributed by atoms with Gasteiger partial charge in [0.15, 0.2) is 0 Å². The lowest BCUT2D eigenvalue weighted by atomic mass is 10.1. The van der Waals surface area contributed by atoms with Crippen LogP contribution in [0.5, 0.6) is 0 Å². The molecule has 122 valence electrons. The molecule has 23 heavy (non-hydrogen) atoms. The maximum absolute atomic E-state index is 12.2. The Morgan fingerprint density at radius 3 is 2.57 bits per heavy atom. The summed E-state index contributed by atoms with van der Waals surface area (Å²) < 4.78 is 5.09. The molecule has 0 bridgehead atoms. The van der Waals surface area contributed by atoms with Crippen LogP contribution in [-0.4, -0.2) is 16.3 Å². The molecule has 1 aliphatic carbocycles. The molecule has 5 heteroatoms. The zero-order valence-corrected chi connectivity index (χ0v) is 14.4. The molecule has 4 nitrogen and oxygen atoms in total. The van der Waals surface area contributed by atoms with E-state index in [4.69, 9.17) is 4.52 Å². The molecule has 1 aromatic carbocycles. The molecule has 1 aromatic heterocycles. The first-order valence-electron chi connectivity index (χ1n) is 8.10. The average Bonchev–Trinajstić information content (AvgIpc) is 3.14. The molecule has 1 aliphatic rings. The molecule has 0 unspecified atom stereocenters. The number of carbonyl (C=O) groups is 1. The molecule has 0 atom stereocenters. The third-order valence-electron chi connectivity index (χ3n) is 4.26. The van der Waals surface area contributed by atoms with Crippen molar-refractivity contribution in [1.29, 1.82) is 0 Å². The number of amides is 1. The third kappa shape index (κ3) is 4.16. The molecule has 2 aromatic rings. The minimum Gasteiger partial charge on any atom is -0.361 e. The lowest BCUT2D eigenvalue weighted by Gasteiger charge is -2.10. The monoisotopic (exact) mass is 330 g/mol. The lowest BCUT2D eigenvalue weighted by molar-refractivity contribution is -0.115. The second-order valence-corrected chi connectivity index (χ2v) is 7.45. The van der Waals surface area contributed by atoms with E-state index in [1.807, 2.05) is 37.7 Å². The highest BCUT2D eigenvalue weighted by Crippen LogP contribution is 2.34. The molecular weight excluding hydrogens is 308 g/mol. The fraction of sp³-hybridized carbons (Fsp3) is 0.444. The zero-order chi connectivity index (χ0) is 16.2. The maximum Gasteiger partial charge on any atom is 0.228 e. The van der Waals surface area contributed by atoms with Crippen LogP contribution < -0.4 is 5.32 Å². The molecule has 1 amide bonds. The number of thioether (sulfide) groups is 1. The Bertz CT molecular complexity index is 653. The second kappa shape index (κ2) is 7.21. The number of benzene rings is 1. The molecule has 1 N–H and O–H groups in total. The van der Waals surface area contributed by atoms with E-state index in [1.54, 1.807) is 0 Å². The van der Waals surface area contributed by atoms with Gasteiger partial charge >= 0.3 is 0 Å². The summed E-state index contributed by atoms with van der Waals surface area (Å²) >= 11 is 1.95. The van der Waals surface area contributed by atoms with Crippen LogP contribution in [0.25, 0.3) is 0 Å². The Balaban J connectivity index is 1.56. The predicted octanol–water partition coefficient (Wildman–Crippen LogP) is 4.51. The minimum atomic E-state index is -0.0457. The van der Waals surface area contributed by atoms with Crippen molar-refractivity contribution in [3.8, 4) is 0 Å². The van der Waals surface area contributed by atoms with Crippen LogP contribution in [0.15, 0.2) is 33.7 Å². The molecule has 1 fully saturated rings. The number of aryl methyl sites for hydroxylation is 2. The van der Waals surface area contributed by atoms with E-state index in [-0.39, 0.29) is 5.91 Å². The van der Waals surface area contributed by atoms with Gasteiger partial charge in [0.05, 0.1) is 12.1 Å². The van der Waals surface area contributed by atoms with Crippen LogP contribution in [0.4, 0.5) is 5.69 Å². The van der Waals surface area contributed by atoms with Crippen LogP contribution >= 0.6 is 11.8 Å².